The molecule has 0 unspecified atom stereocenters. The van der Waals surface area contributed by atoms with Crippen molar-refractivity contribution in [2.24, 2.45) is 11.7 Å². The molecule has 94 valence electrons. The molecule has 0 saturated heterocycles. The maximum Gasteiger partial charge on any atom is 0.124 e. The van der Waals surface area contributed by atoms with E-state index in [4.69, 9.17) is 10.5 Å². The summed E-state index contributed by atoms with van der Waals surface area (Å²) in [5, 5.41) is 0. The van der Waals surface area contributed by atoms with Crippen molar-refractivity contribution < 1.29 is 4.74 Å². The first-order chi connectivity index (χ1) is 8.22. The van der Waals surface area contributed by atoms with Crippen molar-refractivity contribution >= 4 is 15.9 Å². The first-order valence-corrected chi connectivity index (χ1v) is 7.19. The third-order valence-electron chi connectivity index (χ3n) is 3.54. The molecule has 1 saturated carbocycles. The molecule has 1 fully saturated rings. The van der Waals surface area contributed by atoms with Gasteiger partial charge in [-0.15, -0.1) is 0 Å². The molecule has 0 heterocycles. The monoisotopic (exact) mass is 297 g/mol. The average molecular weight is 298 g/mol. The summed E-state index contributed by atoms with van der Waals surface area (Å²) in [5.41, 5.74) is 7.55. The fraction of sp³-hybridized carbons (Fsp3) is 0.571. The van der Waals surface area contributed by atoms with Crippen LogP contribution in [-0.4, -0.2) is 6.61 Å². The minimum atomic E-state index is 0.108. The van der Waals surface area contributed by atoms with Gasteiger partial charge in [-0.1, -0.05) is 28.8 Å². The van der Waals surface area contributed by atoms with Gasteiger partial charge in [-0.3, -0.25) is 0 Å². The van der Waals surface area contributed by atoms with Crippen molar-refractivity contribution in [3.05, 3.63) is 28.2 Å². The third kappa shape index (κ3) is 3.02. The van der Waals surface area contributed by atoms with Crippen LogP contribution in [0.4, 0.5) is 0 Å². The standard InChI is InChI=1S/C14H20BrNO/c1-2-17-13-8-7-11(15)9-12(13)14(16)10-5-3-4-6-10/h7-10,14H,2-6,16H2,1H3/t14-/m0/s1. The normalized spacial score (nSPS) is 18.3. The van der Waals surface area contributed by atoms with Crippen molar-refractivity contribution in [3.8, 4) is 5.75 Å². The lowest BCUT2D eigenvalue weighted by molar-refractivity contribution is 0.327. The van der Waals surface area contributed by atoms with Gasteiger partial charge in [-0.2, -0.15) is 0 Å². The summed E-state index contributed by atoms with van der Waals surface area (Å²) in [6, 6.07) is 6.23. The number of hydrogen-bond donors (Lipinski definition) is 1. The second-order valence-corrected chi connectivity index (χ2v) is 5.60. The maximum absolute atomic E-state index is 6.40. The lowest BCUT2D eigenvalue weighted by Crippen LogP contribution is -2.20. The van der Waals surface area contributed by atoms with Crippen LogP contribution in [-0.2, 0) is 0 Å². The zero-order valence-electron chi connectivity index (χ0n) is 10.3. The second-order valence-electron chi connectivity index (χ2n) is 4.69. The van der Waals surface area contributed by atoms with E-state index < -0.39 is 0 Å². The van der Waals surface area contributed by atoms with E-state index in [1.165, 1.54) is 25.7 Å². The minimum Gasteiger partial charge on any atom is -0.494 e. The van der Waals surface area contributed by atoms with Gasteiger partial charge in [0.1, 0.15) is 5.75 Å². The van der Waals surface area contributed by atoms with E-state index in [2.05, 4.69) is 22.0 Å². The van der Waals surface area contributed by atoms with Crippen LogP contribution in [0.3, 0.4) is 0 Å². The van der Waals surface area contributed by atoms with E-state index in [1.807, 2.05) is 19.1 Å². The summed E-state index contributed by atoms with van der Waals surface area (Å²) in [6.45, 7) is 2.69. The molecule has 0 aromatic heterocycles. The number of rotatable bonds is 4. The average Bonchev–Trinajstić information content (AvgIpc) is 2.84. The molecule has 1 aliphatic carbocycles. The molecule has 2 nitrogen and oxygen atoms in total. The molecule has 0 bridgehead atoms. The van der Waals surface area contributed by atoms with Crippen LogP contribution < -0.4 is 10.5 Å². The highest BCUT2D eigenvalue weighted by molar-refractivity contribution is 9.10. The molecule has 1 aliphatic rings. The van der Waals surface area contributed by atoms with Crippen LogP contribution in [0.5, 0.6) is 5.75 Å². The molecule has 17 heavy (non-hydrogen) atoms. The second kappa shape index (κ2) is 5.87. The number of halogens is 1. The number of benzene rings is 1. The van der Waals surface area contributed by atoms with Crippen LogP contribution >= 0.6 is 15.9 Å². The van der Waals surface area contributed by atoms with Gasteiger partial charge in [-0.05, 0) is 43.9 Å². The van der Waals surface area contributed by atoms with E-state index in [0.717, 1.165) is 15.8 Å². The molecule has 2 rings (SSSR count). The van der Waals surface area contributed by atoms with Crippen LogP contribution in [0, 0.1) is 5.92 Å². The Bertz CT molecular complexity index is 374. The van der Waals surface area contributed by atoms with Gasteiger partial charge < -0.3 is 10.5 Å². The van der Waals surface area contributed by atoms with E-state index in [-0.39, 0.29) is 6.04 Å². The lowest BCUT2D eigenvalue weighted by atomic mass is 9.92. The number of nitrogens with two attached hydrogens (primary N) is 1. The van der Waals surface area contributed by atoms with Gasteiger partial charge in [0, 0.05) is 16.1 Å². The van der Waals surface area contributed by atoms with Crippen LogP contribution in [0.1, 0.15) is 44.2 Å². The van der Waals surface area contributed by atoms with Crippen LogP contribution in [0.2, 0.25) is 0 Å². The molecule has 1 aromatic rings. The summed E-state index contributed by atoms with van der Waals surface area (Å²) >= 11 is 3.51. The summed E-state index contributed by atoms with van der Waals surface area (Å²) in [5.74, 6) is 1.55. The number of ether oxygens (including phenoxy) is 1. The minimum absolute atomic E-state index is 0.108. The van der Waals surface area contributed by atoms with E-state index in [9.17, 15) is 0 Å². The van der Waals surface area contributed by atoms with E-state index in [0.29, 0.717) is 12.5 Å². The van der Waals surface area contributed by atoms with Crippen molar-refractivity contribution in [1.82, 2.24) is 0 Å². The smallest absolute Gasteiger partial charge is 0.124 e. The Morgan fingerprint density at radius 3 is 2.76 bits per heavy atom. The quantitative estimate of drug-likeness (QED) is 0.910. The van der Waals surface area contributed by atoms with Crippen molar-refractivity contribution in [3.63, 3.8) is 0 Å². The maximum atomic E-state index is 6.40. The summed E-state index contributed by atoms with van der Waals surface area (Å²) in [4.78, 5) is 0. The molecule has 3 heteroatoms. The Morgan fingerprint density at radius 1 is 1.41 bits per heavy atom. The first-order valence-electron chi connectivity index (χ1n) is 6.40. The highest BCUT2D eigenvalue weighted by Crippen LogP contribution is 2.38. The highest BCUT2D eigenvalue weighted by atomic mass is 79.9. The molecule has 0 spiro atoms. The Kier molecular flexibility index (Phi) is 4.46. The van der Waals surface area contributed by atoms with E-state index in [1.54, 1.807) is 0 Å². The van der Waals surface area contributed by atoms with E-state index >= 15 is 0 Å². The topological polar surface area (TPSA) is 35.2 Å². The van der Waals surface area contributed by atoms with Gasteiger partial charge in [0.2, 0.25) is 0 Å². The summed E-state index contributed by atoms with van der Waals surface area (Å²) < 4.78 is 6.75. The van der Waals surface area contributed by atoms with Crippen molar-refractivity contribution in [2.75, 3.05) is 6.61 Å². The molecule has 2 N–H and O–H groups in total. The molecule has 0 amide bonds. The fourth-order valence-corrected chi connectivity index (χ4v) is 3.02. The van der Waals surface area contributed by atoms with Gasteiger partial charge in [0.05, 0.1) is 6.61 Å². The van der Waals surface area contributed by atoms with Crippen molar-refractivity contribution in [2.45, 2.75) is 38.6 Å². The molecule has 0 radical (unpaired) electrons. The lowest BCUT2D eigenvalue weighted by Gasteiger charge is -2.22. The van der Waals surface area contributed by atoms with Gasteiger partial charge >= 0.3 is 0 Å². The zero-order valence-corrected chi connectivity index (χ0v) is 11.9. The number of hydrogen-bond acceptors (Lipinski definition) is 2. The molecule has 0 aliphatic heterocycles. The molecular weight excluding hydrogens is 278 g/mol. The van der Waals surface area contributed by atoms with Crippen LogP contribution in [0.15, 0.2) is 22.7 Å². The predicted molar refractivity (Wildman–Crippen MR) is 74.2 cm³/mol. The molecule has 1 atom stereocenters. The van der Waals surface area contributed by atoms with Gasteiger partial charge in [-0.25, -0.2) is 0 Å². The Balaban J connectivity index is 2.24. The van der Waals surface area contributed by atoms with Crippen molar-refractivity contribution in [1.29, 1.82) is 0 Å². The molecular formula is C14H20BrNO. The predicted octanol–water partition coefficient (Wildman–Crippen LogP) is 4.04. The Hall–Kier alpha value is -0.540. The SMILES string of the molecule is CCOc1ccc(Br)cc1[C@@H](N)C1CCCC1. The zero-order chi connectivity index (χ0) is 12.3. The summed E-state index contributed by atoms with van der Waals surface area (Å²) in [7, 11) is 0. The molecule has 1 aromatic carbocycles. The third-order valence-corrected chi connectivity index (χ3v) is 4.03. The Morgan fingerprint density at radius 2 is 2.12 bits per heavy atom. The summed E-state index contributed by atoms with van der Waals surface area (Å²) in [6.07, 6.45) is 5.13. The van der Waals surface area contributed by atoms with Gasteiger partial charge in [0.15, 0.2) is 0 Å². The Labute approximate surface area is 112 Å². The highest BCUT2D eigenvalue weighted by Gasteiger charge is 2.25. The fourth-order valence-electron chi connectivity index (χ4n) is 2.64. The van der Waals surface area contributed by atoms with Gasteiger partial charge in [0.25, 0.3) is 0 Å². The first kappa shape index (κ1) is 12.9. The largest absolute Gasteiger partial charge is 0.494 e. The van der Waals surface area contributed by atoms with Crippen LogP contribution in [0.25, 0.3) is 0 Å².